The van der Waals surface area contributed by atoms with Crippen LogP contribution in [0, 0.1) is 0 Å². The van der Waals surface area contributed by atoms with Crippen molar-refractivity contribution in [2.24, 2.45) is 0 Å². The Kier molecular flexibility index (Phi) is 3.77. The maximum absolute atomic E-state index is 12.7. The molecule has 124 valence electrons. The highest BCUT2D eigenvalue weighted by Crippen LogP contribution is 2.27. The van der Waals surface area contributed by atoms with Gasteiger partial charge in [0.2, 0.25) is 4.96 Å². The van der Waals surface area contributed by atoms with E-state index in [2.05, 4.69) is 15.3 Å². The van der Waals surface area contributed by atoms with Crippen molar-refractivity contribution in [1.82, 2.24) is 19.8 Å². The molecule has 0 spiro atoms. The van der Waals surface area contributed by atoms with E-state index in [1.165, 1.54) is 15.9 Å². The van der Waals surface area contributed by atoms with Gasteiger partial charge in [0.25, 0.3) is 0 Å². The predicted molar refractivity (Wildman–Crippen MR) is 100 cm³/mol. The van der Waals surface area contributed by atoms with Crippen molar-refractivity contribution in [3.8, 4) is 21.8 Å². The number of hydrogen-bond acceptors (Lipinski definition) is 6. The van der Waals surface area contributed by atoms with E-state index in [0.29, 0.717) is 10.7 Å². The molecule has 4 aromatic rings. The van der Waals surface area contributed by atoms with Crippen LogP contribution in [0.2, 0.25) is 0 Å². The van der Waals surface area contributed by atoms with Gasteiger partial charge in [0.05, 0.1) is 0 Å². The smallest absolute Gasteiger partial charge is 0.302 e. The molecule has 0 unspecified atom stereocenters. The highest BCUT2D eigenvalue weighted by Gasteiger charge is 2.14. The van der Waals surface area contributed by atoms with Crippen LogP contribution in [0.25, 0.3) is 26.8 Å². The van der Waals surface area contributed by atoms with Gasteiger partial charge in [-0.15, -0.1) is 10.2 Å². The first-order chi connectivity index (χ1) is 12.1. The summed E-state index contributed by atoms with van der Waals surface area (Å²) >= 11 is 1.35. The number of aromatic nitrogens is 4. The minimum absolute atomic E-state index is 0.262. The third-order valence-corrected chi connectivity index (χ3v) is 4.80. The molecule has 0 atom stereocenters. The maximum Gasteiger partial charge on any atom is 0.302 e. The Hall–Kier alpha value is -3.06. The zero-order chi connectivity index (χ0) is 17.4. The Bertz CT molecular complexity index is 1100. The normalized spacial score (nSPS) is 11.0. The number of rotatable bonds is 3. The molecule has 2 heterocycles. The van der Waals surface area contributed by atoms with Gasteiger partial charge in [-0.05, 0) is 12.1 Å². The summed E-state index contributed by atoms with van der Waals surface area (Å²) in [6.45, 7) is 0. The molecule has 0 aliphatic carbocycles. The summed E-state index contributed by atoms with van der Waals surface area (Å²) in [5.74, 6) is 0. The molecule has 0 radical (unpaired) electrons. The molecule has 0 aliphatic heterocycles. The van der Waals surface area contributed by atoms with E-state index in [4.69, 9.17) is 0 Å². The van der Waals surface area contributed by atoms with Crippen molar-refractivity contribution >= 4 is 22.0 Å². The molecule has 0 saturated heterocycles. The lowest BCUT2D eigenvalue weighted by atomic mass is 10.2. The number of nitrogens with zero attached hydrogens (tertiary/aromatic N) is 5. The molecule has 0 fully saturated rings. The Morgan fingerprint density at radius 3 is 2.48 bits per heavy atom. The van der Waals surface area contributed by atoms with Crippen LogP contribution in [0.4, 0.5) is 5.69 Å². The standard InChI is InChI=1S/C18H15N5OS/c1-22(2)14-10-6-9-13(11-14)16-21-23-17(24)15(19-20-18(23)25-16)12-7-4-3-5-8-12/h3-11H,1-2H3. The molecule has 2 aromatic heterocycles. The summed E-state index contributed by atoms with van der Waals surface area (Å²) in [5.41, 5.74) is 2.79. The summed E-state index contributed by atoms with van der Waals surface area (Å²) in [6, 6.07) is 17.3. The van der Waals surface area contributed by atoms with E-state index >= 15 is 0 Å². The molecule has 0 amide bonds. The van der Waals surface area contributed by atoms with Gasteiger partial charge in [0.1, 0.15) is 5.01 Å². The van der Waals surface area contributed by atoms with Gasteiger partial charge in [-0.2, -0.15) is 9.61 Å². The second-order valence-electron chi connectivity index (χ2n) is 5.77. The van der Waals surface area contributed by atoms with E-state index in [-0.39, 0.29) is 5.56 Å². The summed E-state index contributed by atoms with van der Waals surface area (Å²) in [7, 11) is 3.97. The third kappa shape index (κ3) is 2.78. The van der Waals surface area contributed by atoms with Crippen molar-refractivity contribution in [2.45, 2.75) is 0 Å². The van der Waals surface area contributed by atoms with Gasteiger partial charge in [-0.1, -0.05) is 53.8 Å². The van der Waals surface area contributed by atoms with Crippen molar-refractivity contribution < 1.29 is 0 Å². The van der Waals surface area contributed by atoms with E-state index in [9.17, 15) is 4.79 Å². The lowest BCUT2D eigenvalue weighted by Gasteiger charge is -2.12. The second-order valence-corrected chi connectivity index (χ2v) is 6.72. The van der Waals surface area contributed by atoms with E-state index < -0.39 is 0 Å². The first kappa shape index (κ1) is 15.5. The average molecular weight is 349 g/mol. The Morgan fingerprint density at radius 2 is 1.72 bits per heavy atom. The molecule has 0 N–H and O–H groups in total. The van der Waals surface area contributed by atoms with Crippen LogP contribution in [0.3, 0.4) is 0 Å². The quantitative estimate of drug-likeness (QED) is 0.569. The molecular weight excluding hydrogens is 334 g/mol. The summed E-state index contributed by atoms with van der Waals surface area (Å²) in [4.78, 5) is 15.3. The first-order valence-electron chi connectivity index (χ1n) is 7.73. The summed E-state index contributed by atoms with van der Waals surface area (Å²) in [6.07, 6.45) is 0. The molecule has 4 rings (SSSR count). The third-order valence-electron chi connectivity index (χ3n) is 3.85. The van der Waals surface area contributed by atoms with Crippen molar-refractivity contribution in [3.05, 3.63) is 65.0 Å². The van der Waals surface area contributed by atoms with Crippen LogP contribution in [0.15, 0.2) is 59.4 Å². The lowest BCUT2D eigenvalue weighted by molar-refractivity contribution is 0.862. The fraction of sp³-hybridized carbons (Fsp3) is 0.111. The number of benzene rings is 2. The highest BCUT2D eigenvalue weighted by atomic mass is 32.1. The van der Waals surface area contributed by atoms with Crippen LogP contribution in [-0.4, -0.2) is 33.9 Å². The van der Waals surface area contributed by atoms with Crippen molar-refractivity contribution in [2.75, 3.05) is 19.0 Å². The zero-order valence-electron chi connectivity index (χ0n) is 13.7. The minimum atomic E-state index is -0.262. The Morgan fingerprint density at radius 1 is 0.960 bits per heavy atom. The molecular formula is C18H15N5OS. The highest BCUT2D eigenvalue weighted by molar-refractivity contribution is 7.19. The fourth-order valence-corrected chi connectivity index (χ4v) is 3.36. The topological polar surface area (TPSA) is 63.4 Å². The van der Waals surface area contributed by atoms with Gasteiger partial charge in [-0.25, -0.2) is 0 Å². The second kappa shape index (κ2) is 6.10. The fourth-order valence-electron chi connectivity index (χ4n) is 2.53. The van der Waals surface area contributed by atoms with E-state index in [1.54, 1.807) is 0 Å². The summed E-state index contributed by atoms with van der Waals surface area (Å²) in [5, 5.41) is 13.5. The largest absolute Gasteiger partial charge is 0.378 e. The average Bonchev–Trinajstić information content (AvgIpc) is 3.08. The first-order valence-corrected chi connectivity index (χ1v) is 8.55. The van der Waals surface area contributed by atoms with Crippen molar-refractivity contribution in [3.63, 3.8) is 0 Å². The van der Waals surface area contributed by atoms with E-state index in [0.717, 1.165) is 21.8 Å². The van der Waals surface area contributed by atoms with E-state index in [1.807, 2.05) is 73.6 Å². The molecule has 0 saturated carbocycles. The van der Waals surface area contributed by atoms with Crippen LogP contribution in [0.5, 0.6) is 0 Å². The molecule has 0 aliphatic rings. The van der Waals surface area contributed by atoms with Crippen LogP contribution in [-0.2, 0) is 0 Å². The van der Waals surface area contributed by atoms with Gasteiger partial charge in [-0.3, -0.25) is 4.79 Å². The van der Waals surface area contributed by atoms with Crippen molar-refractivity contribution in [1.29, 1.82) is 0 Å². The van der Waals surface area contributed by atoms with Crippen LogP contribution < -0.4 is 10.5 Å². The van der Waals surface area contributed by atoms with Gasteiger partial charge >= 0.3 is 5.56 Å². The summed E-state index contributed by atoms with van der Waals surface area (Å²) < 4.78 is 1.33. The lowest BCUT2D eigenvalue weighted by Crippen LogP contribution is -2.19. The van der Waals surface area contributed by atoms with Gasteiger partial charge in [0.15, 0.2) is 5.69 Å². The maximum atomic E-state index is 12.7. The number of fused-ring (bicyclic) bond motifs is 1. The Labute approximate surface area is 148 Å². The van der Waals surface area contributed by atoms with Crippen LogP contribution >= 0.6 is 11.3 Å². The Balaban J connectivity index is 1.85. The molecule has 6 nitrogen and oxygen atoms in total. The molecule has 0 bridgehead atoms. The minimum Gasteiger partial charge on any atom is -0.378 e. The molecule has 2 aromatic carbocycles. The van der Waals surface area contributed by atoms with Crippen LogP contribution in [0.1, 0.15) is 0 Å². The molecule has 25 heavy (non-hydrogen) atoms. The number of hydrogen-bond donors (Lipinski definition) is 0. The molecule has 7 heteroatoms. The predicted octanol–water partition coefficient (Wildman–Crippen LogP) is 2.95. The number of anilines is 1. The van der Waals surface area contributed by atoms with Gasteiger partial charge < -0.3 is 4.90 Å². The monoisotopic (exact) mass is 349 g/mol. The van der Waals surface area contributed by atoms with Gasteiger partial charge in [0, 0.05) is 30.9 Å². The zero-order valence-corrected chi connectivity index (χ0v) is 14.6. The SMILES string of the molecule is CN(C)c1cccc(-c2nn3c(=O)c(-c4ccccc4)nnc3s2)c1.